The van der Waals surface area contributed by atoms with Crippen LogP contribution in [-0.4, -0.2) is 18.4 Å². The van der Waals surface area contributed by atoms with E-state index in [0.717, 1.165) is 6.42 Å². The molecule has 3 nitrogen and oxygen atoms in total. The Balaban J connectivity index is 3.73. The molecule has 0 atom stereocenters. The topological polar surface area (TPSA) is 43.4 Å². The first-order valence-electron chi connectivity index (χ1n) is 4.08. The molecule has 0 radical (unpaired) electrons. The molecule has 0 saturated carbocycles. The number of ether oxygens (including phenoxy) is 1. The van der Waals surface area contributed by atoms with Gasteiger partial charge in [-0.2, -0.15) is 0 Å². The second-order valence-electron chi connectivity index (χ2n) is 2.30. The molecule has 0 aliphatic heterocycles. The average Bonchev–Trinajstić information content (AvgIpc) is 2.02. The standard InChI is InChI=1S/C9H14O3/c1-3-5-8(10)6-7-9(11)12-4-2/h6-7H,3-5H2,1-2H3/b7-6+. The van der Waals surface area contributed by atoms with E-state index >= 15 is 0 Å². The number of rotatable bonds is 5. The fourth-order valence-electron chi connectivity index (χ4n) is 0.681. The molecule has 0 fully saturated rings. The number of esters is 1. The zero-order chi connectivity index (χ0) is 9.40. The summed E-state index contributed by atoms with van der Waals surface area (Å²) in [7, 11) is 0. The molecule has 12 heavy (non-hydrogen) atoms. The van der Waals surface area contributed by atoms with Crippen molar-refractivity contribution >= 4 is 11.8 Å². The number of hydrogen-bond acceptors (Lipinski definition) is 3. The Hall–Kier alpha value is -1.12. The van der Waals surface area contributed by atoms with Crippen molar-refractivity contribution in [3.05, 3.63) is 12.2 Å². The largest absolute Gasteiger partial charge is 0.463 e. The van der Waals surface area contributed by atoms with Gasteiger partial charge in [0, 0.05) is 12.5 Å². The summed E-state index contributed by atoms with van der Waals surface area (Å²) < 4.78 is 4.59. The average molecular weight is 170 g/mol. The second-order valence-corrected chi connectivity index (χ2v) is 2.30. The van der Waals surface area contributed by atoms with E-state index in [1.165, 1.54) is 12.2 Å². The minimum atomic E-state index is -0.457. The van der Waals surface area contributed by atoms with E-state index in [9.17, 15) is 9.59 Å². The van der Waals surface area contributed by atoms with Crippen molar-refractivity contribution in [1.29, 1.82) is 0 Å². The van der Waals surface area contributed by atoms with Gasteiger partial charge in [-0.25, -0.2) is 4.79 Å². The Bertz CT molecular complexity index is 162. The fourth-order valence-corrected chi connectivity index (χ4v) is 0.681. The molecule has 0 aliphatic carbocycles. The summed E-state index contributed by atoms with van der Waals surface area (Å²) in [5.74, 6) is -0.493. The van der Waals surface area contributed by atoms with Gasteiger partial charge in [0.25, 0.3) is 0 Å². The summed E-state index contributed by atoms with van der Waals surface area (Å²) in [5.41, 5.74) is 0. The Labute approximate surface area is 72.4 Å². The maximum Gasteiger partial charge on any atom is 0.330 e. The molecule has 0 N–H and O–H groups in total. The maximum atomic E-state index is 10.9. The molecule has 0 heterocycles. The highest BCUT2D eigenvalue weighted by Crippen LogP contribution is 1.91. The molecule has 0 bridgehead atoms. The van der Waals surface area contributed by atoms with E-state index in [1.807, 2.05) is 6.92 Å². The highest BCUT2D eigenvalue weighted by molar-refractivity contribution is 5.95. The summed E-state index contributed by atoms with van der Waals surface area (Å²) in [5, 5.41) is 0. The molecular weight excluding hydrogens is 156 g/mol. The molecule has 68 valence electrons. The predicted molar refractivity (Wildman–Crippen MR) is 45.7 cm³/mol. The molecule has 0 saturated heterocycles. The lowest BCUT2D eigenvalue weighted by Gasteiger charge is -1.93. The zero-order valence-electron chi connectivity index (χ0n) is 7.50. The number of ketones is 1. The lowest BCUT2D eigenvalue weighted by Crippen LogP contribution is -2.00. The van der Waals surface area contributed by atoms with Crippen LogP contribution in [0.2, 0.25) is 0 Å². The van der Waals surface area contributed by atoms with Gasteiger partial charge in [-0.05, 0) is 19.4 Å². The van der Waals surface area contributed by atoms with E-state index in [4.69, 9.17) is 0 Å². The first-order valence-corrected chi connectivity index (χ1v) is 4.08. The minimum absolute atomic E-state index is 0.0365. The van der Waals surface area contributed by atoms with Crippen LogP contribution in [0.5, 0.6) is 0 Å². The van der Waals surface area contributed by atoms with Crippen LogP contribution in [0.1, 0.15) is 26.7 Å². The molecule has 0 aromatic rings. The predicted octanol–water partition coefficient (Wildman–Crippen LogP) is 1.47. The lowest BCUT2D eigenvalue weighted by atomic mass is 10.2. The van der Waals surface area contributed by atoms with Crippen LogP contribution in [0, 0.1) is 0 Å². The maximum absolute atomic E-state index is 10.9. The van der Waals surface area contributed by atoms with Gasteiger partial charge in [0.05, 0.1) is 6.61 Å². The first-order chi connectivity index (χ1) is 5.70. The second kappa shape index (κ2) is 6.58. The molecule has 0 unspecified atom stereocenters. The van der Waals surface area contributed by atoms with Crippen molar-refractivity contribution in [3.63, 3.8) is 0 Å². The van der Waals surface area contributed by atoms with Crippen LogP contribution in [0.4, 0.5) is 0 Å². The molecule has 0 aromatic carbocycles. The van der Waals surface area contributed by atoms with Crippen molar-refractivity contribution in [1.82, 2.24) is 0 Å². The summed E-state index contributed by atoms with van der Waals surface area (Å²) in [6.45, 7) is 3.97. The van der Waals surface area contributed by atoms with E-state index in [2.05, 4.69) is 4.74 Å². The van der Waals surface area contributed by atoms with Crippen LogP contribution < -0.4 is 0 Å². The summed E-state index contributed by atoms with van der Waals surface area (Å²) >= 11 is 0. The van der Waals surface area contributed by atoms with Gasteiger partial charge >= 0.3 is 5.97 Å². The van der Waals surface area contributed by atoms with Crippen molar-refractivity contribution in [2.24, 2.45) is 0 Å². The van der Waals surface area contributed by atoms with E-state index in [-0.39, 0.29) is 5.78 Å². The van der Waals surface area contributed by atoms with Crippen molar-refractivity contribution in [2.75, 3.05) is 6.61 Å². The molecule has 0 amide bonds. The van der Waals surface area contributed by atoms with Crippen LogP contribution in [-0.2, 0) is 14.3 Å². The Morgan fingerprint density at radius 1 is 1.25 bits per heavy atom. The van der Waals surface area contributed by atoms with Crippen molar-refractivity contribution in [2.45, 2.75) is 26.7 Å². The van der Waals surface area contributed by atoms with Gasteiger partial charge in [-0.15, -0.1) is 0 Å². The van der Waals surface area contributed by atoms with Gasteiger partial charge < -0.3 is 4.74 Å². The van der Waals surface area contributed by atoms with Gasteiger partial charge in [0.2, 0.25) is 0 Å². The number of carbonyl (C=O) groups is 2. The van der Waals surface area contributed by atoms with Gasteiger partial charge in [0.1, 0.15) is 0 Å². The lowest BCUT2D eigenvalue weighted by molar-refractivity contribution is -0.137. The summed E-state index contributed by atoms with van der Waals surface area (Å²) in [6, 6.07) is 0. The first kappa shape index (κ1) is 10.9. The smallest absolute Gasteiger partial charge is 0.330 e. The molecule has 0 aromatic heterocycles. The van der Waals surface area contributed by atoms with E-state index in [0.29, 0.717) is 13.0 Å². The Morgan fingerprint density at radius 2 is 1.92 bits per heavy atom. The monoisotopic (exact) mass is 170 g/mol. The van der Waals surface area contributed by atoms with Gasteiger partial charge in [-0.3, -0.25) is 4.79 Å². The Morgan fingerprint density at radius 3 is 2.42 bits per heavy atom. The SMILES string of the molecule is CCCC(=O)/C=C/C(=O)OCC. The van der Waals surface area contributed by atoms with Crippen LogP contribution in [0.3, 0.4) is 0 Å². The van der Waals surface area contributed by atoms with Crippen LogP contribution in [0.15, 0.2) is 12.2 Å². The van der Waals surface area contributed by atoms with E-state index < -0.39 is 5.97 Å². The van der Waals surface area contributed by atoms with Crippen LogP contribution >= 0.6 is 0 Å². The number of allylic oxidation sites excluding steroid dienone is 1. The Kier molecular flexibility index (Phi) is 5.97. The highest BCUT2D eigenvalue weighted by Gasteiger charge is 1.96. The fraction of sp³-hybridized carbons (Fsp3) is 0.556. The third-order valence-corrected chi connectivity index (χ3v) is 1.19. The number of carbonyl (C=O) groups excluding carboxylic acids is 2. The van der Waals surface area contributed by atoms with Gasteiger partial charge in [0.15, 0.2) is 5.78 Å². The van der Waals surface area contributed by atoms with Crippen molar-refractivity contribution in [3.8, 4) is 0 Å². The van der Waals surface area contributed by atoms with Crippen LogP contribution in [0.25, 0.3) is 0 Å². The minimum Gasteiger partial charge on any atom is -0.463 e. The normalized spacial score (nSPS) is 10.2. The molecule has 0 aliphatic rings. The highest BCUT2D eigenvalue weighted by atomic mass is 16.5. The zero-order valence-corrected chi connectivity index (χ0v) is 7.50. The molecular formula is C9H14O3. The molecule has 3 heteroatoms. The summed E-state index contributed by atoms with van der Waals surface area (Å²) in [4.78, 5) is 21.5. The quantitative estimate of drug-likeness (QED) is 0.463. The molecule has 0 rings (SSSR count). The van der Waals surface area contributed by atoms with Crippen molar-refractivity contribution < 1.29 is 14.3 Å². The van der Waals surface area contributed by atoms with E-state index in [1.54, 1.807) is 6.92 Å². The molecule has 0 spiro atoms. The third-order valence-electron chi connectivity index (χ3n) is 1.19. The van der Waals surface area contributed by atoms with Gasteiger partial charge in [-0.1, -0.05) is 6.92 Å². The third kappa shape index (κ3) is 5.65. The summed E-state index contributed by atoms with van der Waals surface area (Å²) in [6.07, 6.45) is 3.71. The number of hydrogen-bond donors (Lipinski definition) is 0.